The third-order valence-corrected chi connectivity index (χ3v) is 21.2. The number of aliphatic hydroxyl groups is 13. The minimum Gasteiger partial charge on any atom is -0.726 e. The van der Waals surface area contributed by atoms with Crippen molar-refractivity contribution in [3.8, 4) is 0 Å². The molecule has 0 amide bonds. The van der Waals surface area contributed by atoms with Crippen molar-refractivity contribution < 1.29 is 165 Å². The van der Waals surface area contributed by atoms with Crippen LogP contribution in [0.1, 0.15) is 127 Å². The summed E-state index contributed by atoms with van der Waals surface area (Å²) >= 11 is 0. The number of carbonyl (C=O) groups excluding carboxylic acids is 1. The van der Waals surface area contributed by atoms with Crippen molar-refractivity contribution in [2.24, 2.45) is 40.4 Å². The minimum absolute atomic E-state index is 0. The first kappa shape index (κ1) is 72.2. The molecule has 9 rings (SSSR count). The molecule has 87 heavy (non-hydrogen) atoms. The molecule has 28 nitrogen and oxygen atoms in total. The number of ketones is 1. The minimum atomic E-state index is -5.16. The molecule has 0 aromatic carbocycles. The molecular weight excluding hydrogens is 1190 g/mol. The van der Waals surface area contributed by atoms with Crippen molar-refractivity contribution in [2.75, 3.05) is 0 Å². The first-order chi connectivity index (χ1) is 39.9. The number of hydrogen-bond acceptors (Lipinski definition) is 28. The second-order valence-corrected chi connectivity index (χ2v) is 28.3. The average molecular weight is 1280 g/mol. The van der Waals surface area contributed by atoms with Gasteiger partial charge in [-0.05, 0) is 127 Å². The molecule has 3 saturated carbocycles. The molecule has 9 aliphatic rings. The molecule has 32 unspecified atom stereocenters. The third kappa shape index (κ3) is 14.2. The Morgan fingerprint density at radius 3 is 1.71 bits per heavy atom. The van der Waals surface area contributed by atoms with Crippen LogP contribution < -0.4 is 29.6 Å². The monoisotopic (exact) mass is 1280 g/mol. The molecule has 0 aromatic heterocycles. The number of carbonyl (C=O) groups is 1. The number of allylic oxidation sites excluding steroid dienone is 2. The first-order valence-electron chi connectivity index (χ1n) is 30.3. The number of ether oxygens (including phenoxy) is 10. The molecule has 0 radical (unpaired) electrons. The van der Waals surface area contributed by atoms with Gasteiger partial charge in [0.25, 0.3) is 0 Å². The first-order valence-corrected chi connectivity index (χ1v) is 31.6. The third-order valence-electron chi connectivity index (χ3n) is 20.7. The van der Waals surface area contributed by atoms with Gasteiger partial charge in [0.05, 0.1) is 42.2 Å². The van der Waals surface area contributed by atoms with Gasteiger partial charge in [-0.2, -0.15) is 0 Å². The van der Waals surface area contributed by atoms with E-state index >= 15 is 0 Å². The Balaban J connectivity index is 0.00000982. The van der Waals surface area contributed by atoms with E-state index in [4.69, 9.17) is 51.6 Å². The second-order valence-electron chi connectivity index (χ2n) is 27.3. The van der Waals surface area contributed by atoms with E-state index < -0.39 is 198 Å². The molecule has 0 aromatic rings. The zero-order valence-electron chi connectivity index (χ0n) is 51.2. The summed E-state index contributed by atoms with van der Waals surface area (Å²) in [7, 11) is -5.16. The maximum atomic E-state index is 13.2. The van der Waals surface area contributed by atoms with Crippen molar-refractivity contribution in [1.29, 1.82) is 0 Å². The normalized spacial score (nSPS) is 50.8. The molecule has 496 valence electrons. The molecule has 33 atom stereocenters. The van der Waals surface area contributed by atoms with Crippen molar-refractivity contribution >= 4 is 16.2 Å². The Hall–Kier alpha value is -0.640. The van der Waals surface area contributed by atoms with Crippen LogP contribution in [0.3, 0.4) is 0 Å². The van der Waals surface area contributed by atoms with E-state index in [1.165, 1.54) is 34.6 Å². The smallest absolute Gasteiger partial charge is 0.726 e. The van der Waals surface area contributed by atoms with Crippen LogP contribution in [0.2, 0.25) is 0 Å². The van der Waals surface area contributed by atoms with E-state index in [1.54, 1.807) is 6.92 Å². The van der Waals surface area contributed by atoms with Crippen LogP contribution in [0.15, 0.2) is 11.6 Å². The molecule has 13 N–H and O–H groups in total. The number of rotatable bonds is 17. The average Bonchev–Trinajstić information content (AvgIpc) is 2.56. The Kier molecular flexibility index (Phi) is 22.6. The van der Waals surface area contributed by atoms with Gasteiger partial charge in [0.2, 0.25) is 16.2 Å². The fourth-order valence-corrected chi connectivity index (χ4v) is 16.5. The van der Waals surface area contributed by atoms with Crippen molar-refractivity contribution in [1.82, 2.24) is 0 Å². The fourth-order valence-electron chi connectivity index (χ4n) is 16.0. The zero-order valence-corrected chi connectivity index (χ0v) is 54.0. The predicted octanol–water partition coefficient (Wildman–Crippen LogP) is -5.28. The molecule has 5 heterocycles. The van der Waals surface area contributed by atoms with Crippen LogP contribution in [0.5, 0.6) is 0 Å². The summed E-state index contributed by atoms with van der Waals surface area (Å²) in [6.45, 7) is 16.5. The molecule has 5 aliphatic heterocycles. The Labute approximate surface area is 528 Å². The molecular formula is C57H93NaO28S. The van der Waals surface area contributed by atoms with Crippen molar-refractivity contribution in [3.05, 3.63) is 11.6 Å². The van der Waals surface area contributed by atoms with Crippen molar-refractivity contribution in [2.45, 2.75) is 298 Å². The maximum absolute atomic E-state index is 13.2. The van der Waals surface area contributed by atoms with E-state index in [0.29, 0.717) is 32.1 Å². The van der Waals surface area contributed by atoms with Gasteiger partial charge >= 0.3 is 29.6 Å². The summed E-state index contributed by atoms with van der Waals surface area (Å²) in [5.41, 5.74) is -1.44. The van der Waals surface area contributed by atoms with E-state index in [9.17, 15) is 84.1 Å². The van der Waals surface area contributed by atoms with Crippen LogP contribution in [0.25, 0.3) is 0 Å². The Morgan fingerprint density at radius 1 is 0.644 bits per heavy atom. The zero-order chi connectivity index (χ0) is 63.4. The van der Waals surface area contributed by atoms with Gasteiger partial charge < -0.3 is 118 Å². The second kappa shape index (κ2) is 27.2. The summed E-state index contributed by atoms with van der Waals surface area (Å²) in [6, 6.07) is 0. The van der Waals surface area contributed by atoms with Gasteiger partial charge in [-0.15, -0.1) is 0 Å². The van der Waals surface area contributed by atoms with E-state index in [-0.39, 0.29) is 84.7 Å². The van der Waals surface area contributed by atoms with Crippen LogP contribution in [0.4, 0.5) is 0 Å². The SMILES string of the molecule is CC(C)CC(=O)CC(C)(O)C1CCC2C3C[C@H](OC4OC(C)C(O)(O)C(OC5OC(C)C(OC6OC(C)C(O)C(O)C6OC6OC(C)C(O)C(O)C6O)C(O)C5OC5OC(C)C(O)C(O)C5O)C4O)C4CC(OS(=O)(=O)[O-])CCC4(C)C3=CCC21C.[Na+]. The standard InChI is InChI=1S/C57H94O28S.Na/c1-21(2)17-27(58)20-56(10,69)34-12-11-30-29-19-33(32-18-28(85-86(72,73)74)13-15-54(32,8)31(29)14-16-55(30,34)9)80-51-44(68)48(57(70,71)26(7)79-51)84-53-47(83-50-42(66)39(63)36(60)23(4)76-50)43(67)45(25(6)78-53)81-52-46(40(64)37(61)24(5)77-52)82-49-41(65)38(62)35(59)22(3)75-49;/h14,21-26,28-30,32-53,59-71H,11-13,15-20H2,1-10H3,(H,72,73,74);/q;+1/p-1/t22?,23?,24?,25?,26?,28?,29?,30?,32?,33-,34?,35?,36?,37?,38?,39?,40?,41?,42?,43?,44?,45?,46?,47?,48?,49?,50?,51?,52?,53?,54?,55?,56?;/m0./s1. The summed E-state index contributed by atoms with van der Waals surface area (Å²) in [6.07, 6.45) is -38.6. The van der Waals surface area contributed by atoms with E-state index in [2.05, 4.69) is 13.0 Å². The number of Topliss-reactive ketones (excluding diaryl/α,β-unsaturated/α-hetero) is 1. The summed E-state index contributed by atoms with van der Waals surface area (Å²) in [5.74, 6) is -4.18. The fraction of sp³-hybridized carbons (Fsp3) is 0.947. The van der Waals surface area contributed by atoms with E-state index in [0.717, 1.165) is 5.57 Å². The maximum Gasteiger partial charge on any atom is 1.00 e. The molecule has 30 heteroatoms. The van der Waals surface area contributed by atoms with Crippen LogP contribution in [-0.4, -0.2) is 256 Å². The Morgan fingerprint density at radius 2 is 1.15 bits per heavy atom. The predicted molar refractivity (Wildman–Crippen MR) is 288 cm³/mol. The van der Waals surface area contributed by atoms with Gasteiger partial charge in [-0.3, -0.25) is 8.98 Å². The van der Waals surface area contributed by atoms with Crippen LogP contribution in [0, 0.1) is 40.4 Å². The van der Waals surface area contributed by atoms with Crippen LogP contribution >= 0.6 is 0 Å². The molecule has 4 aliphatic carbocycles. The largest absolute Gasteiger partial charge is 1.00 e. The summed E-state index contributed by atoms with van der Waals surface area (Å²) in [5, 5.41) is 148. The number of hydrogen-bond donors (Lipinski definition) is 13. The van der Waals surface area contributed by atoms with Gasteiger partial charge in [0, 0.05) is 12.8 Å². The van der Waals surface area contributed by atoms with Gasteiger partial charge in [0.15, 0.2) is 31.5 Å². The number of fused-ring (bicyclic) bond motifs is 5. The van der Waals surface area contributed by atoms with Crippen LogP contribution in [-0.2, 0) is 66.7 Å². The van der Waals surface area contributed by atoms with Crippen molar-refractivity contribution in [3.63, 3.8) is 0 Å². The Bertz CT molecular complexity index is 2500. The summed E-state index contributed by atoms with van der Waals surface area (Å²) < 4.78 is 103. The molecule has 8 fully saturated rings. The van der Waals surface area contributed by atoms with Gasteiger partial charge in [-0.25, -0.2) is 8.42 Å². The van der Waals surface area contributed by atoms with E-state index in [1.807, 2.05) is 20.8 Å². The van der Waals surface area contributed by atoms with Gasteiger partial charge in [0.1, 0.15) is 97.3 Å². The quantitative estimate of drug-likeness (QED) is 0.0213. The number of aliphatic hydroxyl groups excluding tert-OH is 10. The van der Waals surface area contributed by atoms with Gasteiger partial charge in [-0.1, -0.05) is 39.3 Å². The molecule has 0 bridgehead atoms. The summed E-state index contributed by atoms with van der Waals surface area (Å²) in [4.78, 5) is 13.2. The topological polar surface area (TPSA) is 439 Å². The molecule has 5 saturated heterocycles. The molecule has 0 spiro atoms.